The summed E-state index contributed by atoms with van der Waals surface area (Å²) in [6.07, 6.45) is 0.170. The van der Waals surface area contributed by atoms with Gasteiger partial charge in [-0.2, -0.15) is 0 Å². The molecule has 3 aromatic rings. The molecule has 2 aromatic heterocycles. The van der Waals surface area contributed by atoms with Gasteiger partial charge in [-0.1, -0.05) is 6.92 Å². The highest BCUT2D eigenvalue weighted by Crippen LogP contribution is 2.28. The van der Waals surface area contributed by atoms with Crippen LogP contribution in [-0.2, 0) is 6.54 Å². The number of carbonyl (C=O) groups is 1. The Kier molecular flexibility index (Phi) is 6.68. The van der Waals surface area contributed by atoms with Crippen LogP contribution in [0.5, 0.6) is 11.5 Å². The Hall–Kier alpha value is -3.69. The van der Waals surface area contributed by atoms with Gasteiger partial charge in [0.1, 0.15) is 17.3 Å². The first-order chi connectivity index (χ1) is 14.8. The van der Waals surface area contributed by atoms with Crippen molar-refractivity contribution < 1.29 is 27.8 Å². The van der Waals surface area contributed by atoms with E-state index in [0.29, 0.717) is 30.0 Å². The second kappa shape index (κ2) is 9.41. The van der Waals surface area contributed by atoms with Crippen molar-refractivity contribution in [2.75, 3.05) is 6.54 Å². The fraction of sp³-hybridized carbons (Fsp3) is 0.238. The Balaban J connectivity index is 1.86. The molecule has 1 aromatic carbocycles. The summed E-state index contributed by atoms with van der Waals surface area (Å²) in [6.45, 7) is 2.49. The topological polar surface area (TPSA) is 88.4 Å². The van der Waals surface area contributed by atoms with Crippen molar-refractivity contribution in [1.29, 1.82) is 0 Å². The van der Waals surface area contributed by atoms with Crippen LogP contribution in [0.15, 0.2) is 55.0 Å². The molecule has 0 unspecified atom stereocenters. The van der Waals surface area contributed by atoms with Gasteiger partial charge in [0.15, 0.2) is 0 Å². The molecule has 0 aliphatic heterocycles. The third kappa shape index (κ3) is 5.91. The molecule has 0 atom stereocenters. The number of pyridine rings is 1. The molecule has 0 bridgehead atoms. The molecule has 7 nitrogen and oxygen atoms in total. The van der Waals surface area contributed by atoms with Gasteiger partial charge in [-0.25, -0.2) is 9.97 Å². The van der Waals surface area contributed by atoms with E-state index in [9.17, 15) is 23.1 Å². The average Bonchev–Trinajstić information content (AvgIpc) is 2.73. The van der Waals surface area contributed by atoms with Gasteiger partial charge in [0.2, 0.25) is 0 Å². The number of amides is 1. The van der Waals surface area contributed by atoms with Crippen LogP contribution in [0.4, 0.5) is 13.2 Å². The molecule has 1 N–H and O–H groups in total. The van der Waals surface area contributed by atoms with Gasteiger partial charge in [0.25, 0.3) is 5.91 Å². The Morgan fingerprint density at radius 1 is 1.13 bits per heavy atom. The quantitative estimate of drug-likeness (QED) is 0.602. The molecule has 0 fully saturated rings. The van der Waals surface area contributed by atoms with Crippen molar-refractivity contribution in [3.05, 3.63) is 66.4 Å². The number of alkyl halides is 3. The van der Waals surface area contributed by atoms with Gasteiger partial charge >= 0.3 is 6.36 Å². The third-order valence-corrected chi connectivity index (χ3v) is 4.23. The van der Waals surface area contributed by atoms with Crippen molar-refractivity contribution in [1.82, 2.24) is 19.9 Å². The van der Waals surface area contributed by atoms with Crippen molar-refractivity contribution in [3.8, 4) is 22.8 Å². The molecule has 0 aliphatic carbocycles. The number of nitrogens with zero attached hydrogens (tertiary/aromatic N) is 4. The van der Waals surface area contributed by atoms with Crippen LogP contribution >= 0.6 is 0 Å². The van der Waals surface area contributed by atoms with Gasteiger partial charge in [0, 0.05) is 24.5 Å². The second-order valence-electron chi connectivity index (χ2n) is 6.55. The Bertz CT molecular complexity index is 1030. The van der Waals surface area contributed by atoms with E-state index in [-0.39, 0.29) is 23.6 Å². The zero-order chi connectivity index (χ0) is 22.4. The molecule has 2 heterocycles. The van der Waals surface area contributed by atoms with Crippen molar-refractivity contribution in [2.45, 2.75) is 26.3 Å². The highest BCUT2D eigenvalue weighted by molar-refractivity contribution is 5.97. The number of rotatable bonds is 7. The lowest BCUT2D eigenvalue weighted by Crippen LogP contribution is -2.32. The summed E-state index contributed by atoms with van der Waals surface area (Å²) < 4.78 is 40.9. The lowest BCUT2D eigenvalue weighted by Gasteiger charge is -2.22. The van der Waals surface area contributed by atoms with Gasteiger partial charge in [-0.15, -0.1) is 13.2 Å². The first kappa shape index (κ1) is 22.0. The van der Waals surface area contributed by atoms with E-state index < -0.39 is 12.3 Å². The SMILES string of the molecule is CCCN(Cc1ncccn1)C(=O)c1cc(-c2ccc(OC(F)(F)F)cc2)ncc1O. The maximum Gasteiger partial charge on any atom is 0.573 e. The second-order valence-corrected chi connectivity index (χ2v) is 6.55. The van der Waals surface area contributed by atoms with Gasteiger partial charge in [0.05, 0.1) is 24.0 Å². The number of carbonyl (C=O) groups excluding carboxylic acids is 1. The first-order valence-electron chi connectivity index (χ1n) is 9.37. The highest BCUT2D eigenvalue weighted by atomic mass is 19.4. The summed E-state index contributed by atoms with van der Waals surface area (Å²) in [7, 11) is 0. The molecule has 0 spiro atoms. The van der Waals surface area contributed by atoms with Crippen molar-refractivity contribution >= 4 is 5.91 Å². The molecule has 0 aliphatic rings. The lowest BCUT2D eigenvalue weighted by atomic mass is 10.1. The molecule has 3 rings (SSSR count). The van der Waals surface area contributed by atoms with Crippen molar-refractivity contribution in [2.24, 2.45) is 0 Å². The molecule has 162 valence electrons. The van der Waals surface area contributed by atoms with E-state index in [2.05, 4.69) is 19.7 Å². The smallest absolute Gasteiger partial charge is 0.505 e. The van der Waals surface area contributed by atoms with Crippen LogP contribution in [0.3, 0.4) is 0 Å². The maximum absolute atomic E-state index is 13.1. The van der Waals surface area contributed by atoms with Gasteiger partial charge in [-0.05, 0) is 42.8 Å². The van der Waals surface area contributed by atoms with E-state index >= 15 is 0 Å². The predicted octanol–water partition coefficient (Wildman–Crippen LogP) is 4.20. The summed E-state index contributed by atoms with van der Waals surface area (Å²) >= 11 is 0. The molecule has 31 heavy (non-hydrogen) atoms. The fourth-order valence-corrected chi connectivity index (χ4v) is 2.88. The van der Waals surface area contributed by atoms with Gasteiger partial charge in [-0.3, -0.25) is 9.78 Å². The summed E-state index contributed by atoms with van der Waals surface area (Å²) in [5, 5.41) is 10.2. The molecule has 0 saturated carbocycles. The number of benzene rings is 1. The highest BCUT2D eigenvalue weighted by Gasteiger charge is 2.31. The molecule has 0 saturated heterocycles. The predicted molar refractivity (Wildman–Crippen MR) is 105 cm³/mol. The molecular weight excluding hydrogens is 413 g/mol. The van der Waals surface area contributed by atoms with Gasteiger partial charge < -0.3 is 14.7 Å². The molecular formula is C21H19F3N4O3. The minimum atomic E-state index is -4.79. The molecule has 0 radical (unpaired) electrons. The van der Waals surface area contributed by atoms with E-state index in [1.54, 1.807) is 18.5 Å². The standard InChI is InChI=1S/C21H19F3N4O3/c1-2-10-28(13-19-25-8-3-9-26-19)20(30)16-11-17(27-12-18(16)29)14-4-6-15(7-5-14)31-21(22,23)24/h3-9,11-12,29H,2,10,13H2,1H3. The number of hydrogen-bond donors (Lipinski definition) is 1. The normalized spacial score (nSPS) is 11.2. The van der Waals surface area contributed by atoms with E-state index in [0.717, 1.165) is 18.3 Å². The largest absolute Gasteiger partial charge is 0.573 e. The van der Waals surface area contributed by atoms with Crippen LogP contribution in [0, 0.1) is 0 Å². The third-order valence-electron chi connectivity index (χ3n) is 4.23. The summed E-state index contributed by atoms with van der Waals surface area (Å²) in [5.41, 5.74) is 0.786. The summed E-state index contributed by atoms with van der Waals surface area (Å²) in [6, 6.07) is 8.13. The van der Waals surface area contributed by atoms with E-state index in [1.165, 1.54) is 23.1 Å². The minimum Gasteiger partial charge on any atom is -0.505 e. The zero-order valence-electron chi connectivity index (χ0n) is 16.5. The number of halogens is 3. The number of ether oxygens (including phenoxy) is 1. The van der Waals surface area contributed by atoms with Crippen LogP contribution in [0.1, 0.15) is 29.5 Å². The average molecular weight is 432 g/mol. The van der Waals surface area contributed by atoms with Crippen LogP contribution < -0.4 is 4.74 Å². The first-order valence-corrected chi connectivity index (χ1v) is 9.37. The molecule has 10 heteroatoms. The number of aromatic nitrogens is 3. The van der Waals surface area contributed by atoms with E-state index in [4.69, 9.17) is 0 Å². The Labute approximate surface area is 176 Å². The maximum atomic E-state index is 13.1. The van der Waals surface area contributed by atoms with Crippen LogP contribution in [-0.4, -0.2) is 43.8 Å². The van der Waals surface area contributed by atoms with E-state index in [1.807, 2.05) is 6.92 Å². The van der Waals surface area contributed by atoms with Crippen molar-refractivity contribution in [3.63, 3.8) is 0 Å². The van der Waals surface area contributed by atoms with Crippen LogP contribution in [0.2, 0.25) is 0 Å². The summed E-state index contributed by atoms with van der Waals surface area (Å²) in [4.78, 5) is 26.9. The lowest BCUT2D eigenvalue weighted by molar-refractivity contribution is -0.274. The Morgan fingerprint density at radius 2 is 1.81 bits per heavy atom. The van der Waals surface area contributed by atoms with Crippen LogP contribution in [0.25, 0.3) is 11.3 Å². The number of hydrogen-bond acceptors (Lipinski definition) is 6. The Morgan fingerprint density at radius 3 is 2.42 bits per heavy atom. The molecule has 1 amide bonds. The fourth-order valence-electron chi connectivity index (χ4n) is 2.88. The monoisotopic (exact) mass is 432 g/mol. The number of aromatic hydroxyl groups is 1. The zero-order valence-corrected chi connectivity index (χ0v) is 16.5. The summed E-state index contributed by atoms with van der Waals surface area (Å²) in [5.74, 6) is -0.657. The minimum absolute atomic E-state index is 0.0185.